The van der Waals surface area contributed by atoms with Gasteiger partial charge in [-0.15, -0.1) is 23.2 Å². The molecule has 4 aromatic carbocycles. The quantitative estimate of drug-likeness (QED) is 0.0713. The minimum Gasteiger partial charge on any atom is -0.448 e. The number of halogens is 10. The molecule has 2 aromatic heterocycles. The molecule has 2 amide bonds. The summed E-state index contributed by atoms with van der Waals surface area (Å²) >= 11 is 38.2. The summed E-state index contributed by atoms with van der Waals surface area (Å²) in [6, 6.07) is 25.6. The van der Waals surface area contributed by atoms with Gasteiger partial charge in [0.25, 0.3) is 23.7 Å². The predicted octanol–water partition coefficient (Wildman–Crippen LogP) is 12.5. The smallest absolute Gasteiger partial charge is 0.278 e. The first-order chi connectivity index (χ1) is 28.9. The Morgan fingerprint density at radius 2 is 0.934 bits per heavy atom. The van der Waals surface area contributed by atoms with E-state index in [-0.39, 0.29) is 69.2 Å². The molecular weight excluding hydrogens is 925 g/mol. The van der Waals surface area contributed by atoms with Gasteiger partial charge in [-0.1, -0.05) is 94.9 Å². The van der Waals surface area contributed by atoms with Crippen molar-refractivity contribution in [3.63, 3.8) is 0 Å². The lowest BCUT2D eigenvalue weighted by molar-refractivity contribution is -0.0101. The molecule has 0 spiro atoms. The van der Waals surface area contributed by atoms with Gasteiger partial charge in [-0.2, -0.15) is 10.2 Å². The summed E-state index contributed by atoms with van der Waals surface area (Å²) in [6.45, 7) is -1.49. The van der Waals surface area contributed by atoms with Crippen molar-refractivity contribution in [3.8, 4) is 45.4 Å². The highest BCUT2D eigenvalue weighted by Crippen LogP contribution is 2.46. The molecule has 0 bridgehead atoms. The topological polar surface area (TPSA) is 85.5 Å². The third kappa shape index (κ3) is 10.8. The van der Waals surface area contributed by atoms with Gasteiger partial charge in [0, 0.05) is 59.9 Å². The van der Waals surface area contributed by atoms with Crippen LogP contribution in [0.1, 0.15) is 34.8 Å². The predicted molar refractivity (Wildman–Crippen MR) is 233 cm³/mol. The van der Waals surface area contributed by atoms with Crippen molar-refractivity contribution in [2.24, 2.45) is 0 Å². The van der Waals surface area contributed by atoms with Crippen LogP contribution < -0.4 is 4.74 Å². The van der Waals surface area contributed by atoms with E-state index in [2.05, 4.69) is 10.2 Å². The van der Waals surface area contributed by atoms with Crippen molar-refractivity contribution < 1.29 is 31.9 Å². The summed E-state index contributed by atoms with van der Waals surface area (Å²) in [7, 11) is 0. The van der Waals surface area contributed by atoms with Crippen molar-refractivity contribution in [1.29, 1.82) is 0 Å². The van der Waals surface area contributed by atoms with Gasteiger partial charge in [0.05, 0.1) is 34.5 Å². The molecule has 6 rings (SSSR count). The van der Waals surface area contributed by atoms with Crippen molar-refractivity contribution in [2.75, 3.05) is 37.9 Å². The van der Waals surface area contributed by atoms with Crippen LogP contribution in [0.4, 0.5) is 17.6 Å². The van der Waals surface area contributed by atoms with E-state index in [1.54, 1.807) is 97.1 Å². The third-order valence-electron chi connectivity index (χ3n) is 8.91. The second kappa shape index (κ2) is 19.3. The monoisotopic (exact) mass is 956 g/mol. The van der Waals surface area contributed by atoms with Gasteiger partial charge >= 0.3 is 0 Å². The average Bonchev–Trinajstić information content (AvgIpc) is 3.76. The fraction of sp³-hybridized carbons (Fsp3) is 0.238. The maximum atomic E-state index is 14.7. The van der Waals surface area contributed by atoms with E-state index in [9.17, 15) is 27.2 Å². The summed E-state index contributed by atoms with van der Waals surface area (Å²) in [5.41, 5.74) is 0.223. The summed E-state index contributed by atoms with van der Waals surface area (Å²) < 4.78 is 68.3. The van der Waals surface area contributed by atoms with E-state index >= 15 is 0 Å². The van der Waals surface area contributed by atoms with Gasteiger partial charge < -0.3 is 14.5 Å². The van der Waals surface area contributed by atoms with Gasteiger partial charge in [-0.25, -0.2) is 26.9 Å². The van der Waals surface area contributed by atoms with Crippen molar-refractivity contribution in [1.82, 2.24) is 29.4 Å². The number of benzene rings is 4. The van der Waals surface area contributed by atoms with Crippen LogP contribution in [0.3, 0.4) is 0 Å². The Kier molecular flexibility index (Phi) is 14.5. The molecule has 0 saturated carbocycles. The standard InChI is InChI=1S/C42H34Cl6F4N6O3/c1-41(49,50)23-55(21-19-43)39(59)33-37(35(25-11-15-27(45)16-12-25)57(53-33)31-9-5-3-7-29(31)47)61-38-34(40(60)56(22-20-44)24-42(2,51)52)54-58(32-10-6-4-8-30(32)48)36(38)26-13-17-28(46)18-14-26/h3-18H,19-24H2,1-2H3. The minimum absolute atomic E-state index is 0.0471. The molecule has 0 fully saturated rings. The van der Waals surface area contributed by atoms with E-state index < -0.39 is 48.1 Å². The molecule has 6 aromatic rings. The molecule has 0 atom stereocenters. The SMILES string of the molecule is CC(F)(F)CN(CCCl)C(=O)c1nn(-c2ccccc2Cl)c(-c2ccc(Cl)cc2)c1Oc1c(C(=O)N(CCCl)CC(C)(F)F)nn(-c2ccccc2Cl)c1-c1ccc(Cl)cc1. The lowest BCUT2D eigenvalue weighted by Crippen LogP contribution is -2.41. The number of aromatic nitrogens is 4. The summed E-state index contributed by atoms with van der Waals surface area (Å²) in [4.78, 5) is 31.1. The van der Waals surface area contributed by atoms with Crippen LogP contribution in [0.2, 0.25) is 20.1 Å². The van der Waals surface area contributed by atoms with Gasteiger partial charge in [0.2, 0.25) is 0 Å². The molecule has 0 saturated heterocycles. The first-order valence-electron chi connectivity index (χ1n) is 18.3. The molecule has 9 nitrogen and oxygen atoms in total. The highest BCUT2D eigenvalue weighted by atomic mass is 35.5. The Balaban J connectivity index is 1.76. The second-order valence-electron chi connectivity index (χ2n) is 13.9. The molecular formula is C42H34Cl6F4N6O3. The molecule has 320 valence electrons. The number of hydrogen-bond donors (Lipinski definition) is 0. The highest BCUT2D eigenvalue weighted by molar-refractivity contribution is 6.33. The summed E-state index contributed by atoms with van der Waals surface area (Å²) in [6.07, 6.45) is 0. The van der Waals surface area contributed by atoms with Crippen LogP contribution in [0, 0.1) is 0 Å². The number of carbonyl (C=O) groups is 2. The van der Waals surface area contributed by atoms with Crippen LogP contribution in [0.25, 0.3) is 33.9 Å². The minimum atomic E-state index is -3.38. The van der Waals surface area contributed by atoms with Gasteiger partial charge in [0.15, 0.2) is 22.9 Å². The Hall–Kier alpha value is -4.50. The second-order valence-corrected chi connectivity index (χ2v) is 16.3. The summed E-state index contributed by atoms with van der Waals surface area (Å²) in [5.74, 6) is -10.0. The Morgan fingerprint density at radius 1 is 0.590 bits per heavy atom. The molecule has 61 heavy (non-hydrogen) atoms. The van der Waals surface area contributed by atoms with E-state index in [0.29, 0.717) is 35.0 Å². The molecule has 0 radical (unpaired) electrons. The van der Waals surface area contributed by atoms with Crippen LogP contribution in [-0.4, -0.2) is 91.0 Å². The number of ether oxygens (including phenoxy) is 1. The first-order valence-corrected chi connectivity index (χ1v) is 20.9. The van der Waals surface area contributed by atoms with E-state index in [0.717, 1.165) is 9.80 Å². The first kappa shape index (κ1) is 46.0. The molecule has 0 aliphatic heterocycles. The zero-order chi connectivity index (χ0) is 44.2. The number of nitrogens with zero attached hydrogens (tertiary/aromatic N) is 6. The Morgan fingerprint density at radius 3 is 1.25 bits per heavy atom. The fourth-order valence-electron chi connectivity index (χ4n) is 6.38. The van der Waals surface area contributed by atoms with E-state index in [4.69, 9.17) is 74.3 Å². The van der Waals surface area contributed by atoms with Crippen LogP contribution in [-0.2, 0) is 0 Å². The molecule has 0 aliphatic rings. The van der Waals surface area contributed by atoms with Gasteiger partial charge in [-0.05, 0) is 48.5 Å². The Bertz CT molecular complexity index is 2350. The number of carbonyl (C=O) groups excluding carboxylic acids is 2. The zero-order valence-electron chi connectivity index (χ0n) is 32.2. The number of amides is 2. The molecule has 19 heteroatoms. The average molecular weight is 959 g/mol. The highest BCUT2D eigenvalue weighted by Gasteiger charge is 2.38. The maximum absolute atomic E-state index is 14.7. The van der Waals surface area contributed by atoms with Crippen LogP contribution in [0.5, 0.6) is 11.5 Å². The number of alkyl halides is 6. The number of rotatable bonds is 16. The number of para-hydroxylation sites is 2. The fourth-order valence-corrected chi connectivity index (χ4v) is 7.47. The van der Waals surface area contributed by atoms with Crippen LogP contribution >= 0.6 is 69.6 Å². The van der Waals surface area contributed by atoms with Gasteiger partial charge in [0.1, 0.15) is 11.4 Å². The van der Waals surface area contributed by atoms with E-state index in [1.807, 2.05) is 0 Å². The summed E-state index contributed by atoms with van der Waals surface area (Å²) in [5, 5.41) is 10.4. The molecule has 2 heterocycles. The number of hydrogen-bond acceptors (Lipinski definition) is 5. The Labute approximate surface area is 378 Å². The lowest BCUT2D eigenvalue weighted by atomic mass is 10.1. The van der Waals surface area contributed by atoms with Crippen molar-refractivity contribution in [3.05, 3.63) is 129 Å². The molecule has 0 N–H and O–H groups in total. The maximum Gasteiger partial charge on any atom is 0.278 e. The normalized spacial score (nSPS) is 11.8. The van der Waals surface area contributed by atoms with Crippen molar-refractivity contribution in [2.45, 2.75) is 25.7 Å². The van der Waals surface area contributed by atoms with E-state index in [1.165, 1.54) is 9.36 Å². The van der Waals surface area contributed by atoms with Crippen LogP contribution in [0.15, 0.2) is 97.1 Å². The third-order valence-corrected chi connectivity index (χ3v) is 10.4. The van der Waals surface area contributed by atoms with Gasteiger partial charge in [-0.3, -0.25) is 9.59 Å². The zero-order valence-corrected chi connectivity index (χ0v) is 36.7. The molecule has 0 aliphatic carbocycles. The molecule has 0 unspecified atom stereocenters. The lowest BCUT2D eigenvalue weighted by Gasteiger charge is -2.25. The largest absolute Gasteiger partial charge is 0.448 e. The van der Waals surface area contributed by atoms with Crippen molar-refractivity contribution >= 4 is 81.4 Å².